The summed E-state index contributed by atoms with van der Waals surface area (Å²) in [7, 11) is 7.60. The minimum absolute atomic E-state index is 0.694. The van der Waals surface area contributed by atoms with Crippen molar-refractivity contribution >= 4 is 29.0 Å². The van der Waals surface area contributed by atoms with E-state index in [1.165, 1.54) is 18.5 Å². The third kappa shape index (κ3) is 6.39. The van der Waals surface area contributed by atoms with Gasteiger partial charge in [0.05, 0.1) is 59.6 Å². The maximum absolute atomic E-state index is 5.22. The van der Waals surface area contributed by atoms with Crippen LogP contribution in [0.3, 0.4) is 0 Å². The van der Waals surface area contributed by atoms with Crippen LogP contribution in [0.2, 0.25) is 0 Å². The number of benzene rings is 2. The van der Waals surface area contributed by atoms with Gasteiger partial charge in [-0.1, -0.05) is 10.2 Å². The predicted octanol–water partition coefficient (Wildman–Crippen LogP) is 5.62. The van der Waals surface area contributed by atoms with Crippen molar-refractivity contribution < 1.29 is 13.9 Å². The van der Waals surface area contributed by atoms with Gasteiger partial charge in [-0.3, -0.25) is 0 Å². The normalized spacial score (nSPS) is 14.6. The highest BCUT2D eigenvalue weighted by Gasteiger charge is 2.22. The van der Waals surface area contributed by atoms with Crippen LogP contribution < -0.4 is 18.8 Å². The minimum Gasteiger partial charge on any atom is -0.497 e. The van der Waals surface area contributed by atoms with Gasteiger partial charge in [0.1, 0.15) is 17.1 Å². The van der Waals surface area contributed by atoms with Gasteiger partial charge in [-0.15, -0.1) is 0 Å². The molecule has 0 bridgehead atoms. The van der Waals surface area contributed by atoms with Gasteiger partial charge in [-0.2, -0.15) is 0 Å². The lowest BCUT2D eigenvalue weighted by Gasteiger charge is -2.33. The van der Waals surface area contributed by atoms with Crippen molar-refractivity contribution in [3.63, 3.8) is 0 Å². The molecule has 1 aliphatic heterocycles. The largest absolute Gasteiger partial charge is 0.497 e. The molecule has 0 N–H and O–H groups in total. The quantitative estimate of drug-likeness (QED) is 0.209. The molecule has 2 aromatic carbocycles. The van der Waals surface area contributed by atoms with Gasteiger partial charge in [0, 0.05) is 29.0 Å². The molecule has 202 valence electrons. The van der Waals surface area contributed by atoms with Gasteiger partial charge >= 0.3 is 11.9 Å². The molecule has 1 fully saturated rings. The van der Waals surface area contributed by atoms with Crippen molar-refractivity contribution in [1.82, 2.24) is 9.13 Å². The number of methoxy groups -OCH3 is 1. The van der Waals surface area contributed by atoms with Crippen LogP contribution in [0.4, 0.5) is 29.0 Å². The topological polar surface area (TPSA) is 79.5 Å². The highest BCUT2D eigenvalue weighted by atomic mass is 16.5. The van der Waals surface area contributed by atoms with E-state index < -0.39 is 0 Å². The molecule has 2 aromatic heterocycles. The van der Waals surface area contributed by atoms with Gasteiger partial charge in [0.25, 0.3) is 0 Å². The summed E-state index contributed by atoms with van der Waals surface area (Å²) in [5, 5.41) is 17.8. The summed E-state index contributed by atoms with van der Waals surface area (Å²) in [5.41, 5.74) is 2.90. The van der Waals surface area contributed by atoms with E-state index in [0.717, 1.165) is 55.1 Å². The number of aryl methyl sites for hydroxylation is 4. The predicted molar refractivity (Wildman–Crippen MR) is 150 cm³/mol. The Hall–Kier alpha value is -4.34. The fourth-order valence-electron chi connectivity index (χ4n) is 4.93. The molecule has 0 spiro atoms. The summed E-state index contributed by atoms with van der Waals surface area (Å²) in [6, 6.07) is 16.0. The maximum Gasteiger partial charge on any atom is 0.421 e. The van der Waals surface area contributed by atoms with Gasteiger partial charge in [-0.05, 0) is 73.7 Å². The Kier molecular flexibility index (Phi) is 8.10. The second-order valence-corrected chi connectivity index (χ2v) is 10.1. The van der Waals surface area contributed by atoms with Gasteiger partial charge in [0.2, 0.25) is 0 Å². The molecule has 1 saturated heterocycles. The minimum atomic E-state index is 0.694. The SMILES string of the molecule is COc1ccc(/N=N/c2n(C)cc[n+]2CCC2CCN(c3ccc(/N=N/c4n(C)cc[n+]4C)cc3)CC2)cc1. The molecule has 3 heterocycles. The molecular weight excluding hydrogens is 490 g/mol. The summed E-state index contributed by atoms with van der Waals surface area (Å²) in [6.45, 7) is 3.06. The first-order valence-corrected chi connectivity index (χ1v) is 13.4. The van der Waals surface area contributed by atoms with E-state index in [9.17, 15) is 0 Å². The van der Waals surface area contributed by atoms with Crippen molar-refractivity contribution in [1.29, 1.82) is 0 Å². The fraction of sp³-hybridized carbons (Fsp3) is 0.379. The first-order chi connectivity index (χ1) is 19.0. The number of imidazole rings is 2. The van der Waals surface area contributed by atoms with E-state index in [0.29, 0.717) is 5.92 Å². The molecular formula is C29H37N9O+2. The molecule has 10 nitrogen and oxygen atoms in total. The monoisotopic (exact) mass is 527 g/mol. The van der Waals surface area contributed by atoms with Crippen molar-refractivity contribution in [3.8, 4) is 5.75 Å². The van der Waals surface area contributed by atoms with Crippen LogP contribution in [0, 0.1) is 5.92 Å². The lowest BCUT2D eigenvalue weighted by atomic mass is 9.93. The standard InChI is InChI=1S/C29H37N9O/c1-34-19-20-35(2)28(34)32-30-24-5-9-26(10-6-24)37-16-13-23(14-17-37)15-18-38-22-21-36(3)29(38)33-31-25-7-11-27(39-4)12-8-25/h5-12,19-23H,13-18H2,1-4H3/q+2. The Morgan fingerprint density at radius 3 is 2.00 bits per heavy atom. The summed E-state index contributed by atoms with van der Waals surface area (Å²) < 4.78 is 13.3. The molecule has 0 aliphatic carbocycles. The van der Waals surface area contributed by atoms with E-state index in [1.54, 1.807) is 7.11 Å². The Morgan fingerprint density at radius 2 is 1.38 bits per heavy atom. The van der Waals surface area contributed by atoms with Crippen LogP contribution in [0.1, 0.15) is 19.3 Å². The van der Waals surface area contributed by atoms with Crippen LogP contribution in [0.15, 0.2) is 93.8 Å². The van der Waals surface area contributed by atoms with E-state index in [4.69, 9.17) is 4.74 Å². The van der Waals surface area contributed by atoms with Crippen molar-refractivity contribution in [3.05, 3.63) is 73.3 Å². The maximum atomic E-state index is 5.22. The van der Waals surface area contributed by atoms with Crippen LogP contribution in [0.25, 0.3) is 0 Å². The molecule has 10 heteroatoms. The number of anilines is 1. The Balaban J connectivity index is 1.12. The first kappa shape index (κ1) is 26.3. The molecule has 0 radical (unpaired) electrons. The molecule has 0 amide bonds. The number of ether oxygens (including phenoxy) is 1. The Morgan fingerprint density at radius 1 is 0.795 bits per heavy atom. The Bertz CT molecular complexity index is 1410. The van der Waals surface area contributed by atoms with Crippen molar-refractivity contribution in [2.75, 3.05) is 25.1 Å². The number of nitrogens with zero attached hydrogens (tertiary/aromatic N) is 9. The number of hydrogen-bond donors (Lipinski definition) is 0. The van der Waals surface area contributed by atoms with Gasteiger partial charge in [-0.25, -0.2) is 18.3 Å². The molecule has 5 rings (SSSR count). The fourth-order valence-corrected chi connectivity index (χ4v) is 4.93. The second-order valence-electron chi connectivity index (χ2n) is 10.1. The zero-order chi connectivity index (χ0) is 27.2. The van der Waals surface area contributed by atoms with Crippen LogP contribution in [0.5, 0.6) is 5.75 Å². The second kappa shape index (κ2) is 12.0. The summed E-state index contributed by atoms with van der Waals surface area (Å²) in [4.78, 5) is 2.47. The van der Waals surface area contributed by atoms with Crippen LogP contribution >= 0.6 is 0 Å². The molecule has 1 aliphatic rings. The van der Waals surface area contributed by atoms with E-state index in [-0.39, 0.29) is 0 Å². The number of rotatable bonds is 9. The number of azo groups is 2. The third-order valence-electron chi connectivity index (χ3n) is 7.38. The van der Waals surface area contributed by atoms with Gasteiger partial charge in [0.15, 0.2) is 0 Å². The number of hydrogen-bond acceptors (Lipinski definition) is 6. The zero-order valence-corrected chi connectivity index (χ0v) is 23.2. The van der Waals surface area contributed by atoms with E-state index >= 15 is 0 Å². The van der Waals surface area contributed by atoms with Crippen LogP contribution in [-0.4, -0.2) is 29.3 Å². The summed E-state index contributed by atoms with van der Waals surface area (Å²) in [5.74, 6) is 3.16. The molecule has 39 heavy (non-hydrogen) atoms. The number of aromatic nitrogens is 4. The highest BCUT2D eigenvalue weighted by Crippen LogP contribution is 2.27. The van der Waals surface area contributed by atoms with Crippen molar-refractivity contribution in [2.45, 2.75) is 25.8 Å². The van der Waals surface area contributed by atoms with Crippen molar-refractivity contribution in [2.24, 2.45) is 47.5 Å². The van der Waals surface area contributed by atoms with E-state index in [1.807, 2.05) is 89.8 Å². The molecule has 4 aromatic rings. The number of piperidine rings is 1. The molecule has 0 atom stereocenters. The lowest BCUT2D eigenvalue weighted by molar-refractivity contribution is -0.684. The summed E-state index contributed by atoms with van der Waals surface area (Å²) in [6.07, 6.45) is 11.6. The average molecular weight is 528 g/mol. The third-order valence-corrected chi connectivity index (χ3v) is 7.38. The molecule has 0 saturated carbocycles. The zero-order valence-electron chi connectivity index (χ0n) is 23.2. The summed E-state index contributed by atoms with van der Waals surface area (Å²) >= 11 is 0. The Labute approximate surface area is 229 Å². The first-order valence-electron chi connectivity index (χ1n) is 13.4. The van der Waals surface area contributed by atoms with E-state index in [2.05, 4.69) is 48.3 Å². The van der Waals surface area contributed by atoms with Crippen LogP contribution in [-0.2, 0) is 27.7 Å². The lowest BCUT2D eigenvalue weighted by Crippen LogP contribution is -2.37. The van der Waals surface area contributed by atoms with Gasteiger partial charge < -0.3 is 9.64 Å². The highest BCUT2D eigenvalue weighted by molar-refractivity contribution is 5.53. The molecule has 0 unspecified atom stereocenters. The smallest absolute Gasteiger partial charge is 0.421 e. The average Bonchev–Trinajstić information content (AvgIpc) is 3.49.